The van der Waals surface area contributed by atoms with Crippen LogP contribution in [-0.2, 0) is 4.79 Å². The van der Waals surface area contributed by atoms with E-state index in [0.29, 0.717) is 12.0 Å². The van der Waals surface area contributed by atoms with E-state index in [1.807, 2.05) is 0 Å². The van der Waals surface area contributed by atoms with Crippen LogP contribution in [0.25, 0.3) is 0 Å². The zero-order valence-corrected chi connectivity index (χ0v) is 10.4. The van der Waals surface area contributed by atoms with E-state index in [-0.39, 0.29) is 5.78 Å². The monoisotopic (exact) mass is 206 g/mol. The van der Waals surface area contributed by atoms with Gasteiger partial charge in [-0.3, -0.25) is 4.79 Å². The maximum atomic E-state index is 10.9. The van der Waals surface area contributed by atoms with Crippen molar-refractivity contribution in [1.82, 2.24) is 0 Å². The highest BCUT2D eigenvalue weighted by Crippen LogP contribution is 2.10. The SMILES string of the molecule is C=C(C/C=C(\C)CCC=C(C)C)C(C)=O. The number of ketones is 1. The van der Waals surface area contributed by atoms with E-state index >= 15 is 0 Å². The molecule has 0 N–H and O–H groups in total. The van der Waals surface area contributed by atoms with E-state index in [9.17, 15) is 4.79 Å². The van der Waals surface area contributed by atoms with Gasteiger partial charge in [-0.05, 0) is 52.5 Å². The first kappa shape index (κ1) is 13.9. The third kappa shape index (κ3) is 7.92. The number of carbonyl (C=O) groups excluding carboxylic acids is 1. The second kappa shape index (κ2) is 7.22. The van der Waals surface area contributed by atoms with Gasteiger partial charge in [0.2, 0.25) is 0 Å². The molecule has 15 heavy (non-hydrogen) atoms. The molecule has 0 spiro atoms. The predicted octanol–water partition coefficient (Wildman–Crippen LogP) is 4.21. The summed E-state index contributed by atoms with van der Waals surface area (Å²) in [5, 5.41) is 0. The Hall–Kier alpha value is -1.11. The van der Waals surface area contributed by atoms with Crippen LogP contribution in [0.15, 0.2) is 35.5 Å². The molecule has 0 radical (unpaired) electrons. The molecule has 0 saturated carbocycles. The van der Waals surface area contributed by atoms with Crippen LogP contribution in [0.5, 0.6) is 0 Å². The molecule has 0 aliphatic rings. The maximum absolute atomic E-state index is 10.9. The number of allylic oxidation sites excluding steroid dienone is 5. The second-order valence-electron chi connectivity index (χ2n) is 4.23. The van der Waals surface area contributed by atoms with Crippen molar-refractivity contribution in [3.8, 4) is 0 Å². The van der Waals surface area contributed by atoms with Crippen molar-refractivity contribution in [2.45, 2.75) is 47.0 Å². The van der Waals surface area contributed by atoms with Crippen LogP contribution < -0.4 is 0 Å². The molecule has 0 aliphatic heterocycles. The molecule has 0 heterocycles. The van der Waals surface area contributed by atoms with Gasteiger partial charge >= 0.3 is 0 Å². The summed E-state index contributed by atoms with van der Waals surface area (Å²) in [6.07, 6.45) is 7.17. The summed E-state index contributed by atoms with van der Waals surface area (Å²) in [4.78, 5) is 10.9. The number of hydrogen-bond donors (Lipinski definition) is 0. The molecule has 1 heteroatoms. The first-order valence-electron chi connectivity index (χ1n) is 5.41. The molecule has 0 amide bonds. The van der Waals surface area contributed by atoms with Crippen molar-refractivity contribution in [3.63, 3.8) is 0 Å². The summed E-state index contributed by atoms with van der Waals surface area (Å²) in [5.74, 6) is 0.0864. The van der Waals surface area contributed by atoms with Gasteiger partial charge in [0.05, 0.1) is 0 Å². The Bertz CT molecular complexity index is 288. The zero-order valence-electron chi connectivity index (χ0n) is 10.4. The first-order valence-corrected chi connectivity index (χ1v) is 5.41. The van der Waals surface area contributed by atoms with Crippen LogP contribution in [0.2, 0.25) is 0 Å². The largest absolute Gasteiger partial charge is 0.295 e. The molecule has 0 rings (SSSR count). The summed E-state index contributed by atoms with van der Waals surface area (Å²) in [6, 6.07) is 0. The lowest BCUT2D eigenvalue weighted by Crippen LogP contribution is -1.93. The maximum Gasteiger partial charge on any atom is 0.155 e. The van der Waals surface area contributed by atoms with Crippen LogP contribution in [-0.4, -0.2) is 5.78 Å². The fourth-order valence-corrected chi connectivity index (χ4v) is 1.13. The Morgan fingerprint density at radius 1 is 1.13 bits per heavy atom. The van der Waals surface area contributed by atoms with E-state index in [1.165, 1.54) is 11.1 Å². The van der Waals surface area contributed by atoms with Crippen molar-refractivity contribution in [2.24, 2.45) is 0 Å². The van der Waals surface area contributed by atoms with Gasteiger partial charge in [-0.25, -0.2) is 0 Å². The number of rotatable bonds is 6. The van der Waals surface area contributed by atoms with Gasteiger partial charge < -0.3 is 0 Å². The van der Waals surface area contributed by atoms with Crippen molar-refractivity contribution in [1.29, 1.82) is 0 Å². The topological polar surface area (TPSA) is 17.1 Å². The van der Waals surface area contributed by atoms with Crippen molar-refractivity contribution >= 4 is 5.78 Å². The number of Topliss-reactive ketones (excluding diaryl/α,β-unsaturated/α-hetero) is 1. The van der Waals surface area contributed by atoms with Gasteiger partial charge in [-0.2, -0.15) is 0 Å². The fraction of sp³-hybridized carbons (Fsp3) is 0.500. The molecule has 84 valence electrons. The molecular weight excluding hydrogens is 184 g/mol. The van der Waals surface area contributed by atoms with Gasteiger partial charge in [0.1, 0.15) is 0 Å². The number of hydrogen-bond acceptors (Lipinski definition) is 1. The predicted molar refractivity (Wildman–Crippen MR) is 66.9 cm³/mol. The fourth-order valence-electron chi connectivity index (χ4n) is 1.13. The van der Waals surface area contributed by atoms with Crippen molar-refractivity contribution < 1.29 is 4.79 Å². The van der Waals surface area contributed by atoms with Crippen molar-refractivity contribution in [2.75, 3.05) is 0 Å². The Morgan fingerprint density at radius 3 is 2.20 bits per heavy atom. The van der Waals surface area contributed by atoms with Gasteiger partial charge in [-0.15, -0.1) is 0 Å². The number of carbonyl (C=O) groups is 1. The highest BCUT2D eigenvalue weighted by atomic mass is 16.1. The Morgan fingerprint density at radius 2 is 1.73 bits per heavy atom. The molecule has 0 aromatic heterocycles. The molecule has 0 aliphatic carbocycles. The average molecular weight is 206 g/mol. The third-order valence-electron chi connectivity index (χ3n) is 2.29. The van der Waals surface area contributed by atoms with Gasteiger partial charge in [0.25, 0.3) is 0 Å². The van der Waals surface area contributed by atoms with E-state index in [2.05, 4.69) is 39.5 Å². The van der Waals surface area contributed by atoms with Crippen LogP contribution in [0.3, 0.4) is 0 Å². The summed E-state index contributed by atoms with van der Waals surface area (Å²) >= 11 is 0. The summed E-state index contributed by atoms with van der Waals surface area (Å²) in [7, 11) is 0. The summed E-state index contributed by atoms with van der Waals surface area (Å²) in [6.45, 7) is 11.6. The summed E-state index contributed by atoms with van der Waals surface area (Å²) < 4.78 is 0. The molecular formula is C14H22O. The Balaban J connectivity index is 3.95. The summed E-state index contributed by atoms with van der Waals surface area (Å²) in [5.41, 5.74) is 3.38. The van der Waals surface area contributed by atoms with E-state index < -0.39 is 0 Å². The molecule has 0 aromatic carbocycles. The smallest absolute Gasteiger partial charge is 0.155 e. The standard InChI is InChI=1S/C14H22O/c1-11(2)7-6-8-12(3)9-10-13(4)14(5)15/h7,9H,4,6,8,10H2,1-3,5H3/b12-9+. The minimum Gasteiger partial charge on any atom is -0.295 e. The lowest BCUT2D eigenvalue weighted by molar-refractivity contribution is -0.113. The average Bonchev–Trinajstić information content (AvgIpc) is 2.13. The molecule has 0 fully saturated rings. The quantitative estimate of drug-likeness (QED) is 0.470. The normalized spacial score (nSPS) is 11.1. The van der Waals surface area contributed by atoms with Gasteiger partial charge in [-0.1, -0.05) is 29.9 Å². The molecule has 0 bridgehead atoms. The lowest BCUT2D eigenvalue weighted by atomic mass is 10.1. The van der Waals surface area contributed by atoms with Crippen LogP contribution >= 0.6 is 0 Å². The zero-order chi connectivity index (χ0) is 11.8. The Kier molecular flexibility index (Phi) is 6.68. The molecule has 0 aromatic rings. The lowest BCUT2D eigenvalue weighted by Gasteiger charge is -2.00. The Labute approximate surface area is 93.6 Å². The van der Waals surface area contributed by atoms with Crippen LogP contribution in [0.1, 0.15) is 47.0 Å². The van der Waals surface area contributed by atoms with Crippen molar-refractivity contribution in [3.05, 3.63) is 35.5 Å². The van der Waals surface area contributed by atoms with Crippen LogP contribution in [0, 0.1) is 0 Å². The molecule has 0 atom stereocenters. The minimum absolute atomic E-state index is 0.0864. The van der Waals surface area contributed by atoms with E-state index in [0.717, 1.165) is 12.8 Å². The second-order valence-corrected chi connectivity index (χ2v) is 4.23. The van der Waals surface area contributed by atoms with Crippen LogP contribution in [0.4, 0.5) is 0 Å². The highest BCUT2D eigenvalue weighted by Gasteiger charge is 1.97. The molecule has 0 saturated heterocycles. The van der Waals surface area contributed by atoms with E-state index in [4.69, 9.17) is 0 Å². The minimum atomic E-state index is 0.0864. The molecule has 0 unspecified atom stereocenters. The van der Waals surface area contributed by atoms with Gasteiger partial charge in [0, 0.05) is 0 Å². The third-order valence-corrected chi connectivity index (χ3v) is 2.29. The van der Waals surface area contributed by atoms with Gasteiger partial charge in [0.15, 0.2) is 5.78 Å². The molecule has 1 nitrogen and oxygen atoms in total. The highest BCUT2D eigenvalue weighted by molar-refractivity contribution is 5.92. The first-order chi connectivity index (χ1) is 6.93. The van der Waals surface area contributed by atoms with E-state index in [1.54, 1.807) is 6.92 Å².